The summed E-state index contributed by atoms with van der Waals surface area (Å²) in [6.45, 7) is 1.75. The lowest BCUT2D eigenvalue weighted by molar-refractivity contribution is -0.139. The lowest BCUT2D eigenvalue weighted by Gasteiger charge is -2.14. The number of halogens is 3. The van der Waals surface area contributed by atoms with E-state index in [4.69, 9.17) is 10.5 Å². The van der Waals surface area contributed by atoms with Crippen molar-refractivity contribution >= 4 is 5.97 Å². The minimum atomic E-state index is -4.65. The van der Waals surface area contributed by atoms with E-state index in [9.17, 15) is 22.8 Å². The first-order valence-electron chi connectivity index (χ1n) is 7.38. The standard InChI is InChI=1S/C14H12F3NO2.C3H7NO2/c1-9-4-3-5-10(8-9)20-12-11(14(15,16)17)6-7-18(2)13(12)19;1-6-3(5)2-4/h3-8H,1-2H3;2,4H2,1H3. The van der Waals surface area contributed by atoms with E-state index < -0.39 is 23.0 Å². The highest BCUT2D eigenvalue weighted by Gasteiger charge is 2.36. The molecule has 142 valence electrons. The first-order valence-corrected chi connectivity index (χ1v) is 7.38. The molecular weight excluding hydrogens is 353 g/mol. The lowest BCUT2D eigenvalue weighted by atomic mass is 10.2. The van der Waals surface area contributed by atoms with Gasteiger partial charge in [0.2, 0.25) is 5.75 Å². The number of pyridine rings is 1. The van der Waals surface area contributed by atoms with Gasteiger partial charge in [0.15, 0.2) is 0 Å². The van der Waals surface area contributed by atoms with Crippen molar-refractivity contribution in [3.63, 3.8) is 0 Å². The summed E-state index contributed by atoms with van der Waals surface area (Å²) < 4.78 is 49.1. The van der Waals surface area contributed by atoms with Crippen LogP contribution in [-0.2, 0) is 22.8 Å². The van der Waals surface area contributed by atoms with Gasteiger partial charge in [-0.05, 0) is 30.7 Å². The summed E-state index contributed by atoms with van der Waals surface area (Å²) in [5, 5.41) is 0. The molecule has 0 amide bonds. The molecule has 1 aromatic heterocycles. The van der Waals surface area contributed by atoms with Crippen LogP contribution in [0.1, 0.15) is 11.1 Å². The Morgan fingerprint density at radius 1 is 1.27 bits per heavy atom. The van der Waals surface area contributed by atoms with Crippen LogP contribution in [0.25, 0.3) is 0 Å². The first-order chi connectivity index (χ1) is 12.1. The van der Waals surface area contributed by atoms with Gasteiger partial charge < -0.3 is 19.8 Å². The first kappa shape index (κ1) is 21.2. The van der Waals surface area contributed by atoms with E-state index in [0.717, 1.165) is 22.4 Å². The molecule has 0 saturated carbocycles. The van der Waals surface area contributed by atoms with Gasteiger partial charge >= 0.3 is 12.1 Å². The molecule has 2 N–H and O–H groups in total. The van der Waals surface area contributed by atoms with E-state index in [1.54, 1.807) is 25.1 Å². The van der Waals surface area contributed by atoms with E-state index in [1.807, 2.05) is 0 Å². The molecule has 0 unspecified atom stereocenters. The van der Waals surface area contributed by atoms with Crippen LogP contribution in [0.3, 0.4) is 0 Å². The van der Waals surface area contributed by atoms with Crippen LogP contribution in [0.4, 0.5) is 13.2 Å². The van der Waals surface area contributed by atoms with Crippen molar-refractivity contribution in [2.75, 3.05) is 13.7 Å². The lowest BCUT2D eigenvalue weighted by Crippen LogP contribution is -2.22. The van der Waals surface area contributed by atoms with Crippen LogP contribution in [0.2, 0.25) is 0 Å². The Morgan fingerprint density at radius 2 is 1.92 bits per heavy atom. The molecule has 2 aromatic rings. The van der Waals surface area contributed by atoms with Crippen molar-refractivity contribution in [1.82, 2.24) is 4.57 Å². The molecule has 0 saturated heterocycles. The summed E-state index contributed by atoms with van der Waals surface area (Å²) in [5.41, 5.74) is 3.72. The monoisotopic (exact) mass is 372 g/mol. The van der Waals surface area contributed by atoms with E-state index in [1.165, 1.54) is 20.2 Å². The number of rotatable bonds is 3. The van der Waals surface area contributed by atoms with Crippen molar-refractivity contribution in [1.29, 1.82) is 0 Å². The number of nitrogens with two attached hydrogens (primary N) is 1. The number of aromatic nitrogens is 1. The molecule has 1 aromatic carbocycles. The number of esters is 1. The molecule has 2 rings (SSSR count). The van der Waals surface area contributed by atoms with Gasteiger partial charge in [0.25, 0.3) is 5.56 Å². The highest BCUT2D eigenvalue weighted by Crippen LogP contribution is 2.35. The molecule has 26 heavy (non-hydrogen) atoms. The van der Waals surface area contributed by atoms with Gasteiger partial charge in [-0.2, -0.15) is 13.2 Å². The number of hydrogen-bond donors (Lipinski definition) is 1. The Kier molecular flexibility index (Phi) is 7.39. The van der Waals surface area contributed by atoms with Gasteiger partial charge in [-0.1, -0.05) is 12.1 Å². The molecule has 0 aliphatic heterocycles. The topological polar surface area (TPSA) is 83.5 Å². The van der Waals surface area contributed by atoms with Crippen LogP contribution in [-0.4, -0.2) is 24.2 Å². The highest BCUT2D eigenvalue weighted by atomic mass is 19.4. The fourth-order valence-electron chi connectivity index (χ4n) is 1.81. The molecular formula is C17H19F3N2O4. The van der Waals surface area contributed by atoms with E-state index in [0.29, 0.717) is 0 Å². The number of benzene rings is 1. The van der Waals surface area contributed by atoms with Crippen LogP contribution < -0.4 is 16.0 Å². The number of carbonyl (C=O) groups is 1. The second-order valence-corrected chi connectivity index (χ2v) is 5.17. The van der Waals surface area contributed by atoms with E-state index in [-0.39, 0.29) is 18.3 Å². The molecule has 1 heterocycles. The molecule has 0 spiro atoms. The van der Waals surface area contributed by atoms with Crippen molar-refractivity contribution in [2.24, 2.45) is 12.8 Å². The Hall–Kier alpha value is -2.81. The summed E-state index contributed by atoms with van der Waals surface area (Å²) in [5.74, 6) is -0.901. The third-order valence-electron chi connectivity index (χ3n) is 3.13. The predicted octanol–water partition coefficient (Wildman–Crippen LogP) is 2.62. The third-order valence-corrected chi connectivity index (χ3v) is 3.13. The summed E-state index contributed by atoms with van der Waals surface area (Å²) in [7, 11) is 2.67. The zero-order valence-corrected chi connectivity index (χ0v) is 14.5. The highest BCUT2D eigenvalue weighted by molar-refractivity contribution is 5.70. The second kappa shape index (κ2) is 9.04. The number of nitrogens with zero attached hydrogens (tertiary/aromatic N) is 1. The Balaban J connectivity index is 0.000000487. The maximum absolute atomic E-state index is 12.9. The maximum atomic E-state index is 12.9. The van der Waals surface area contributed by atoms with Gasteiger partial charge in [-0.3, -0.25) is 9.59 Å². The van der Waals surface area contributed by atoms with Gasteiger partial charge in [-0.15, -0.1) is 0 Å². The third kappa shape index (κ3) is 5.92. The molecule has 0 aliphatic carbocycles. The largest absolute Gasteiger partial charge is 0.468 e. The van der Waals surface area contributed by atoms with Gasteiger partial charge in [0.1, 0.15) is 11.3 Å². The quantitative estimate of drug-likeness (QED) is 0.838. The fraction of sp³-hybridized carbons (Fsp3) is 0.294. The molecule has 9 heteroatoms. The maximum Gasteiger partial charge on any atom is 0.420 e. The summed E-state index contributed by atoms with van der Waals surface area (Å²) in [6, 6.07) is 7.31. The van der Waals surface area contributed by atoms with Gasteiger partial charge in [0, 0.05) is 13.2 Å². The number of ether oxygens (including phenoxy) is 2. The number of methoxy groups -OCH3 is 1. The zero-order valence-electron chi connectivity index (χ0n) is 14.5. The fourth-order valence-corrected chi connectivity index (χ4v) is 1.81. The zero-order chi connectivity index (χ0) is 19.9. The van der Waals surface area contributed by atoms with Crippen molar-refractivity contribution < 1.29 is 27.4 Å². The molecule has 0 aliphatic rings. The normalized spacial score (nSPS) is 10.6. The Labute approximate surface area is 148 Å². The molecule has 0 radical (unpaired) electrons. The molecule has 0 bridgehead atoms. The van der Waals surface area contributed by atoms with Gasteiger partial charge in [0.05, 0.1) is 13.7 Å². The number of hydrogen-bond acceptors (Lipinski definition) is 5. The Bertz CT molecular complexity index is 810. The van der Waals surface area contributed by atoms with Crippen LogP contribution in [0.15, 0.2) is 41.3 Å². The molecule has 6 nitrogen and oxygen atoms in total. The minimum absolute atomic E-state index is 0.0312. The summed E-state index contributed by atoms with van der Waals surface area (Å²) in [4.78, 5) is 21.7. The molecule has 0 atom stereocenters. The van der Waals surface area contributed by atoms with Crippen molar-refractivity contribution in [3.05, 3.63) is 58.0 Å². The summed E-state index contributed by atoms with van der Waals surface area (Å²) >= 11 is 0. The van der Waals surface area contributed by atoms with Crippen LogP contribution in [0, 0.1) is 6.92 Å². The average molecular weight is 372 g/mol. The van der Waals surface area contributed by atoms with Crippen molar-refractivity contribution in [2.45, 2.75) is 13.1 Å². The molecule has 0 fully saturated rings. The van der Waals surface area contributed by atoms with Crippen LogP contribution in [0.5, 0.6) is 11.5 Å². The predicted molar refractivity (Wildman–Crippen MR) is 89.0 cm³/mol. The Morgan fingerprint density at radius 3 is 2.38 bits per heavy atom. The SMILES string of the molecule is COC(=O)CN.Cc1cccc(Oc2c(C(F)(F)F)ccn(C)c2=O)c1. The smallest absolute Gasteiger partial charge is 0.420 e. The number of alkyl halides is 3. The van der Waals surface area contributed by atoms with E-state index in [2.05, 4.69) is 4.74 Å². The second-order valence-electron chi connectivity index (χ2n) is 5.17. The average Bonchev–Trinajstić information content (AvgIpc) is 2.58. The summed E-state index contributed by atoms with van der Waals surface area (Å²) in [6.07, 6.45) is -3.58. The minimum Gasteiger partial charge on any atom is -0.468 e. The number of aryl methyl sites for hydroxylation is 2. The van der Waals surface area contributed by atoms with Crippen LogP contribution >= 0.6 is 0 Å². The van der Waals surface area contributed by atoms with Crippen molar-refractivity contribution in [3.8, 4) is 11.5 Å². The number of carbonyl (C=O) groups excluding carboxylic acids is 1. The van der Waals surface area contributed by atoms with Gasteiger partial charge in [-0.25, -0.2) is 0 Å². The van der Waals surface area contributed by atoms with E-state index >= 15 is 0 Å².